The predicted octanol–water partition coefficient (Wildman–Crippen LogP) is 3.04. The van der Waals surface area contributed by atoms with Crippen LogP contribution in [0.15, 0.2) is 12.1 Å². The number of amides is 1. The molecule has 1 fully saturated rings. The molecule has 0 saturated carbocycles. The molecular formula is C13H20Cl2N2OS. The van der Waals surface area contributed by atoms with E-state index in [1.54, 1.807) is 0 Å². The average molecular weight is 323 g/mol. The summed E-state index contributed by atoms with van der Waals surface area (Å²) in [7, 11) is 0. The highest BCUT2D eigenvalue weighted by Crippen LogP contribution is 2.28. The fourth-order valence-electron chi connectivity index (χ4n) is 2.20. The first-order chi connectivity index (χ1) is 8.66. The molecule has 2 rings (SSSR count). The van der Waals surface area contributed by atoms with E-state index in [1.165, 1.54) is 17.8 Å². The number of nitrogens with one attached hydrogen (secondary N) is 2. The second-order valence-electron chi connectivity index (χ2n) is 4.80. The molecule has 3 nitrogen and oxygen atoms in total. The first-order valence-electron chi connectivity index (χ1n) is 6.40. The first kappa shape index (κ1) is 16.8. The van der Waals surface area contributed by atoms with Crippen molar-refractivity contribution in [3.8, 4) is 0 Å². The predicted molar refractivity (Wildman–Crippen MR) is 83.6 cm³/mol. The molecule has 1 aliphatic heterocycles. The molecule has 0 bridgehead atoms. The molecule has 0 spiro atoms. The third-order valence-corrected chi connectivity index (χ3v) is 4.84. The number of halogens is 2. The SMILES string of the molecule is CC(C(=O)NCCC1CCNC1)c1ccc(Cl)s1.Cl. The highest BCUT2D eigenvalue weighted by Gasteiger charge is 2.18. The van der Waals surface area contributed by atoms with Crippen molar-refractivity contribution in [1.29, 1.82) is 0 Å². The van der Waals surface area contributed by atoms with Gasteiger partial charge in [-0.25, -0.2) is 0 Å². The minimum absolute atomic E-state index is 0. The van der Waals surface area contributed by atoms with Crippen LogP contribution in [0, 0.1) is 5.92 Å². The van der Waals surface area contributed by atoms with E-state index in [9.17, 15) is 4.79 Å². The number of hydrogen-bond acceptors (Lipinski definition) is 3. The molecule has 1 saturated heterocycles. The zero-order chi connectivity index (χ0) is 13.0. The zero-order valence-electron chi connectivity index (χ0n) is 10.9. The maximum absolute atomic E-state index is 12.0. The van der Waals surface area contributed by atoms with Gasteiger partial charge in [-0.15, -0.1) is 23.7 Å². The van der Waals surface area contributed by atoms with E-state index in [0.29, 0.717) is 0 Å². The molecule has 108 valence electrons. The number of carbonyl (C=O) groups excluding carboxylic acids is 1. The van der Waals surface area contributed by atoms with Crippen molar-refractivity contribution >= 4 is 41.3 Å². The summed E-state index contributed by atoms with van der Waals surface area (Å²) in [5.41, 5.74) is 0. The summed E-state index contributed by atoms with van der Waals surface area (Å²) < 4.78 is 0.738. The van der Waals surface area contributed by atoms with Crippen LogP contribution in [0.3, 0.4) is 0 Å². The van der Waals surface area contributed by atoms with Crippen LogP contribution in [0.2, 0.25) is 4.34 Å². The molecule has 1 aromatic rings. The van der Waals surface area contributed by atoms with E-state index in [4.69, 9.17) is 11.6 Å². The van der Waals surface area contributed by atoms with Gasteiger partial charge < -0.3 is 10.6 Å². The minimum Gasteiger partial charge on any atom is -0.356 e. The van der Waals surface area contributed by atoms with Gasteiger partial charge in [0.2, 0.25) is 5.91 Å². The lowest BCUT2D eigenvalue weighted by Crippen LogP contribution is -2.29. The van der Waals surface area contributed by atoms with Gasteiger partial charge in [-0.05, 0) is 50.9 Å². The Kier molecular flexibility index (Phi) is 7.15. The smallest absolute Gasteiger partial charge is 0.228 e. The second-order valence-corrected chi connectivity index (χ2v) is 6.55. The highest BCUT2D eigenvalue weighted by molar-refractivity contribution is 7.16. The van der Waals surface area contributed by atoms with Gasteiger partial charge in [-0.3, -0.25) is 4.79 Å². The maximum atomic E-state index is 12.0. The molecule has 2 atom stereocenters. The van der Waals surface area contributed by atoms with Gasteiger partial charge in [-0.2, -0.15) is 0 Å². The van der Waals surface area contributed by atoms with Crippen molar-refractivity contribution in [3.05, 3.63) is 21.3 Å². The van der Waals surface area contributed by atoms with Crippen LogP contribution in [0.1, 0.15) is 30.6 Å². The van der Waals surface area contributed by atoms with E-state index >= 15 is 0 Å². The van der Waals surface area contributed by atoms with Crippen LogP contribution >= 0.6 is 35.3 Å². The summed E-state index contributed by atoms with van der Waals surface area (Å²) in [5, 5.41) is 6.35. The quantitative estimate of drug-likeness (QED) is 0.874. The molecule has 0 aliphatic carbocycles. The Morgan fingerprint density at radius 2 is 2.42 bits per heavy atom. The molecule has 19 heavy (non-hydrogen) atoms. The Bertz CT molecular complexity index is 405. The lowest BCUT2D eigenvalue weighted by molar-refractivity contribution is -0.122. The van der Waals surface area contributed by atoms with Gasteiger partial charge in [0.1, 0.15) is 0 Å². The van der Waals surface area contributed by atoms with Crippen molar-refractivity contribution in [2.24, 2.45) is 5.92 Å². The Labute approximate surface area is 129 Å². The molecule has 2 heterocycles. The third-order valence-electron chi connectivity index (χ3n) is 3.43. The van der Waals surface area contributed by atoms with Gasteiger partial charge >= 0.3 is 0 Å². The fraction of sp³-hybridized carbons (Fsp3) is 0.615. The van der Waals surface area contributed by atoms with Crippen LogP contribution in [0.25, 0.3) is 0 Å². The van der Waals surface area contributed by atoms with Crippen LogP contribution in [0.5, 0.6) is 0 Å². The van der Waals surface area contributed by atoms with Crippen molar-refractivity contribution in [2.45, 2.75) is 25.7 Å². The first-order valence-corrected chi connectivity index (χ1v) is 7.60. The van der Waals surface area contributed by atoms with Gasteiger partial charge in [0.15, 0.2) is 0 Å². The van der Waals surface area contributed by atoms with Gasteiger partial charge in [0, 0.05) is 11.4 Å². The van der Waals surface area contributed by atoms with Crippen molar-refractivity contribution in [2.75, 3.05) is 19.6 Å². The number of carbonyl (C=O) groups is 1. The highest BCUT2D eigenvalue weighted by atomic mass is 35.5. The van der Waals surface area contributed by atoms with Crippen LogP contribution in [-0.4, -0.2) is 25.5 Å². The third kappa shape index (κ3) is 4.95. The molecular weight excluding hydrogens is 303 g/mol. The molecule has 0 aromatic carbocycles. The Balaban J connectivity index is 0.00000180. The molecule has 1 aromatic heterocycles. The van der Waals surface area contributed by atoms with Gasteiger partial charge in [-0.1, -0.05) is 11.6 Å². The summed E-state index contributed by atoms with van der Waals surface area (Å²) in [6.07, 6.45) is 2.29. The molecule has 2 N–H and O–H groups in total. The monoisotopic (exact) mass is 322 g/mol. The van der Waals surface area contributed by atoms with Crippen LogP contribution < -0.4 is 10.6 Å². The maximum Gasteiger partial charge on any atom is 0.228 e. The van der Waals surface area contributed by atoms with E-state index in [2.05, 4.69) is 10.6 Å². The summed E-state index contributed by atoms with van der Waals surface area (Å²) >= 11 is 7.36. The lowest BCUT2D eigenvalue weighted by Gasteiger charge is -2.12. The van der Waals surface area contributed by atoms with E-state index in [-0.39, 0.29) is 24.2 Å². The summed E-state index contributed by atoms with van der Waals surface area (Å²) in [6.45, 7) is 4.90. The van der Waals surface area contributed by atoms with Gasteiger partial charge in [0.05, 0.1) is 10.3 Å². The number of hydrogen-bond donors (Lipinski definition) is 2. The summed E-state index contributed by atoms with van der Waals surface area (Å²) in [5.74, 6) is 0.709. The topological polar surface area (TPSA) is 41.1 Å². The van der Waals surface area contributed by atoms with E-state index < -0.39 is 0 Å². The summed E-state index contributed by atoms with van der Waals surface area (Å²) in [4.78, 5) is 13.0. The molecule has 1 amide bonds. The molecule has 1 aliphatic rings. The molecule has 6 heteroatoms. The Morgan fingerprint density at radius 1 is 1.63 bits per heavy atom. The number of rotatable bonds is 5. The van der Waals surface area contributed by atoms with Gasteiger partial charge in [0.25, 0.3) is 0 Å². The van der Waals surface area contributed by atoms with Crippen molar-refractivity contribution in [3.63, 3.8) is 0 Å². The van der Waals surface area contributed by atoms with Crippen LogP contribution in [0.4, 0.5) is 0 Å². The average Bonchev–Trinajstić information content (AvgIpc) is 2.99. The number of thiophene rings is 1. The fourth-order valence-corrected chi connectivity index (χ4v) is 3.32. The second kappa shape index (κ2) is 8.10. The standard InChI is InChI=1S/C13H19ClN2OS.ClH/c1-9(11-2-3-12(14)18-11)13(17)16-7-5-10-4-6-15-8-10;/h2-3,9-10,15H,4-8H2,1H3,(H,16,17);1H. The largest absolute Gasteiger partial charge is 0.356 e. The normalized spacial score (nSPS) is 19.8. The Hall–Kier alpha value is -0.290. The van der Waals surface area contributed by atoms with Crippen molar-refractivity contribution < 1.29 is 4.79 Å². The van der Waals surface area contributed by atoms with Crippen molar-refractivity contribution in [1.82, 2.24) is 10.6 Å². The van der Waals surface area contributed by atoms with Crippen LogP contribution in [-0.2, 0) is 4.79 Å². The zero-order valence-corrected chi connectivity index (χ0v) is 13.3. The Morgan fingerprint density at radius 3 is 3.00 bits per heavy atom. The lowest BCUT2D eigenvalue weighted by atomic mass is 10.0. The summed E-state index contributed by atoms with van der Waals surface area (Å²) in [6, 6.07) is 3.77. The van der Waals surface area contributed by atoms with E-state index in [1.807, 2.05) is 19.1 Å². The minimum atomic E-state index is -0.107. The molecule has 0 radical (unpaired) electrons. The van der Waals surface area contributed by atoms with E-state index in [0.717, 1.165) is 41.2 Å². The molecule has 2 unspecified atom stereocenters.